The molecule has 1 fully saturated rings. The largest absolute Gasteiger partial charge is 0.445 e. The number of nitrogens with one attached hydrogen (secondary N) is 2. The molecular weight excluding hydrogens is 455 g/mol. The second kappa shape index (κ2) is 17.5. The second-order valence-corrected chi connectivity index (χ2v) is 8.58. The van der Waals surface area contributed by atoms with E-state index in [1.165, 1.54) is 6.42 Å². The van der Waals surface area contributed by atoms with E-state index in [-0.39, 0.29) is 30.7 Å². The van der Waals surface area contributed by atoms with Crippen molar-refractivity contribution in [2.24, 2.45) is 17.4 Å². The van der Waals surface area contributed by atoms with Crippen LogP contribution >= 0.6 is 24.8 Å². The predicted molar refractivity (Wildman–Crippen MR) is 134 cm³/mol. The molecule has 0 heterocycles. The summed E-state index contributed by atoms with van der Waals surface area (Å²) in [4.78, 5) is 24.4. The number of carbonyl (C=O) groups is 2. The second-order valence-electron chi connectivity index (χ2n) is 8.58. The maximum absolute atomic E-state index is 12.2. The van der Waals surface area contributed by atoms with Gasteiger partial charge in [0.2, 0.25) is 0 Å². The third-order valence-corrected chi connectivity index (χ3v) is 6.28. The van der Waals surface area contributed by atoms with Gasteiger partial charge in [0, 0.05) is 13.1 Å². The first-order chi connectivity index (χ1) is 14.3. The lowest BCUT2D eigenvalue weighted by Gasteiger charge is -2.48. The Bertz CT molecular complexity index is 524. The van der Waals surface area contributed by atoms with E-state index in [0.29, 0.717) is 13.1 Å². The van der Waals surface area contributed by atoms with Gasteiger partial charge in [-0.3, -0.25) is 0 Å². The topological polar surface area (TPSA) is 129 Å². The molecule has 1 saturated carbocycles. The third-order valence-electron chi connectivity index (χ3n) is 6.28. The SMILES string of the molecule is CCCCNC(=O)OC(C)C(N)C(N)(C1CCCCC1)C(C)OC(=O)NCCCC.Cl.Cl. The normalized spacial score (nSPS) is 18.6. The van der Waals surface area contributed by atoms with Crippen LogP contribution in [0.3, 0.4) is 0 Å². The monoisotopic (exact) mass is 500 g/mol. The standard InChI is InChI=1S/C22H44N4O4.2ClH/c1-5-7-14-25-20(27)29-16(3)19(23)22(24,18-12-10-9-11-13-18)17(4)30-21(28)26-15-8-6-2;;/h16-19H,5-15,23-24H2,1-4H3,(H,25,27)(H,26,28);2*1H. The molecule has 8 nitrogen and oxygen atoms in total. The third kappa shape index (κ3) is 10.3. The Labute approximate surface area is 206 Å². The first kappa shape index (κ1) is 33.2. The van der Waals surface area contributed by atoms with Crippen molar-refractivity contribution >= 4 is 37.0 Å². The number of amides is 2. The van der Waals surface area contributed by atoms with Gasteiger partial charge < -0.3 is 31.6 Å². The highest BCUT2D eigenvalue weighted by Gasteiger charge is 2.49. The van der Waals surface area contributed by atoms with Crippen molar-refractivity contribution in [3.8, 4) is 0 Å². The Hall–Kier alpha value is -0.960. The molecule has 0 aromatic carbocycles. The van der Waals surface area contributed by atoms with Gasteiger partial charge in [0.05, 0.1) is 11.6 Å². The zero-order valence-corrected chi connectivity index (χ0v) is 21.8. The van der Waals surface area contributed by atoms with Gasteiger partial charge in [-0.25, -0.2) is 9.59 Å². The Morgan fingerprint density at radius 3 is 1.88 bits per heavy atom. The number of hydrogen-bond acceptors (Lipinski definition) is 6. The molecule has 1 aliphatic carbocycles. The first-order valence-corrected chi connectivity index (χ1v) is 11.7. The molecule has 2 amide bonds. The number of rotatable bonds is 12. The number of hydrogen-bond donors (Lipinski definition) is 4. The minimum atomic E-state index is -0.994. The number of halogens is 2. The van der Waals surface area contributed by atoms with Crippen LogP contribution in [0.25, 0.3) is 0 Å². The fourth-order valence-electron chi connectivity index (χ4n) is 4.21. The Balaban J connectivity index is 0. The number of alkyl carbamates (subject to hydrolysis) is 2. The maximum Gasteiger partial charge on any atom is 0.407 e. The molecule has 0 spiro atoms. The fraction of sp³-hybridized carbons (Fsp3) is 0.909. The molecule has 0 aliphatic heterocycles. The lowest BCUT2D eigenvalue weighted by atomic mass is 9.67. The minimum absolute atomic E-state index is 0. The molecule has 32 heavy (non-hydrogen) atoms. The summed E-state index contributed by atoms with van der Waals surface area (Å²) in [6.45, 7) is 8.78. The highest BCUT2D eigenvalue weighted by molar-refractivity contribution is 5.85. The molecule has 0 saturated heterocycles. The molecule has 4 atom stereocenters. The van der Waals surface area contributed by atoms with Crippen LogP contribution in [-0.2, 0) is 9.47 Å². The summed E-state index contributed by atoms with van der Waals surface area (Å²) in [6.07, 6.45) is 6.67. The molecule has 6 N–H and O–H groups in total. The van der Waals surface area contributed by atoms with E-state index in [1.807, 2.05) is 0 Å². The molecular formula is C22H46Cl2N4O4. The van der Waals surface area contributed by atoms with Gasteiger partial charge in [-0.2, -0.15) is 0 Å². The van der Waals surface area contributed by atoms with Crippen molar-refractivity contribution in [3.63, 3.8) is 0 Å². The van der Waals surface area contributed by atoms with E-state index in [0.717, 1.165) is 51.4 Å². The molecule has 1 aliphatic rings. The van der Waals surface area contributed by atoms with Gasteiger partial charge in [0.1, 0.15) is 12.2 Å². The van der Waals surface area contributed by atoms with Gasteiger partial charge in [0.25, 0.3) is 0 Å². The molecule has 192 valence electrons. The van der Waals surface area contributed by atoms with Crippen molar-refractivity contribution in [2.75, 3.05) is 13.1 Å². The average Bonchev–Trinajstić information content (AvgIpc) is 2.73. The van der Waals surface area contributed by atoms with Gasteiger partial charge in [-0.05, 0) is 45.4 Å². The van der Waals surface area contributed by atoms with Crippen LogP contribution in [0.2, 0.25) is 0 Å². The van der Waals surface area contributed by atoms with Crippen LogP contribution in [0.5, 0.6) is 0 Å². The zero-order chi connectivity index (χ0) is 22.6. The van der Waals surface area contributed by atoms with Crippen LogP contribution in [0.1, 0.15) is 85.5 Å². The zero-order valence-electron chi connectivity index (χ0n) is 20.2. The summed E-state index contributed by atoms with van der Waals surface area (Å²) in [7, 11) is 0. The Morgan fingerprint density at radius 2 is 1.41 bits per heavy atom. The number of carbonyl (C=O) groups excluding carboxylic acids is 2. The maximum atomic E-state index is 12.2. The van der Waals surface area contributed by atoms with E-state index in [2.05, 4.69) is 24.5 Å². The number of unbranched alkanes of at least 4 members (excludes halogenated alkanes) is 2. The van der Waals surface area contributed by atoms with E-state index in [4.69, 9.17) is 20.9 Å². The van der Waals surface area contributed by atoms with Gasteiger partial charge in [-0.1, -0.05) is 46.0 Å². The summed E-state index contributed by atoms with van der Waals surface area (Å²) < 4.78 is 11.2. The van der Waals surface area contributed by atoms with Crippen molar-refractivity contribution < 1.29 is 19.1 Å². The van der Waals surface area contributed by atoms with Crippen LogP contribution in [-0.4, -0.2) is 49.1 Å². The Morgan fingerprint density at radius 1 is 0.938 bits per heavy atom. The van der Waals surface area contributed by atoms with Crippen LogP contribution < -0.4 is 22.1 Å². The smallest absolute Gasteiger partial charge is 0.407 e. The van der Waals surface area contributed by atoms with E-state index >= 15 is 0 Å². The van der Waals surface area contributed by atoms with Crippen molar-refractivity contribution in [3.05, 3.63) is 0 Å². The fourth-order valence-corrected chi connectivity index (χ4v) is 4.21. The van der Waals surface area contributed by atoms with Crippen LogP contribution in [0.4, 0.5) is 9.59 Å². The lowest BCUT2D eigenvalue weighted by molar-refractivity contribution is -0.0207. The van der Waals surface area contributed by atoms with Crippen molar-refractivity contribution in [1.29, 1.82) is 0 Å². The van der Waals surface area contributed by atoms with Crippen LogP contribution in [0.15, 0.2) is 0 Å². The summed E-state index contributed by atoms with van der Waals surface area (Å²) in [5.41, 5.74) is 12.5. The molecule has 0 aromatic heterocycles. The van der Waals surface area contributed by atoms with Gasteiger partial charge in [-0.15, -0.1) is 24.8 Å². The Kier molecular flexibility index (Phi) is 18.2. The lowest BCUT2D eigenvalue weighted by Crippen LogP contribution is -2.70. The van der Waals surface area contributed by atoms with Crippen LogP contribution in [0, 0.1) is 5.92 Å². The van der Waals surface area contributed by atoms with Crippen molar-refractivity contribution in [1.82, 2.24) is 10.6 Å². The molecule has 0 bridgehead atoms. The molecule has 0 radical (unpaired) electrons. The highest BCUT2D eigenvalue weighted by Crippen LogP contribution is 2.37. The average molecular weight is 502 g/mol. The summed E-state index contributed by atoms with van der Waals surface area (Å²) in [5.74, 6) is 0.0916. The highest BCUT2D eigenvalue weighted by atomic mass is 35.5. The first-order valence-electron chi connectivity index (χ1n) is 11.7. The van der Waals surface area contributed by atoms with E-state index in [1.54, 1.807) is 13.8 Å². The minimum Gasteiger partial charge on any atom is -0.445 e. The van der Waals surface area contributed by atoms with E-state index < -0.39 is 36.0 Å². The predicted octanol–water partition coefficient (Wildman–Crippen LogP) is 4.26. The van der Waals surface area contributed by atoms with Gasteiger partial charge >= 0.3 is 12.2 Å². The quantitative estimate of drug-likeness (QED) is 0.296. The molecule has 10 heteroatoms. The number of ether oxygens (including phenoxy) is 2. The molecule has 4 unspecified atom stereocenters. The molecule has 0 aromatic rings. The number of nitrogens with two attached hydrogens (primary N) is 2. The van der Waals surface area contributed by atoms with E-state index in [9.17, 15) is 9.59 Å². The van der Waals surface area contributed by atoms with Gasteiger partial charge in [0.15, 0.2) is 0 Å². The van der Waals surface area contributed by atoms with Crippen molar-refractivity contribution in [2.45, 2.75) is 109 Å². The summed E-state index contributed by atoms with van der Waals surface area (Å²) >= 11 is 0. The molecule has 1 rings (SSSR count). The summed E-state index contributed by atoms with van der Waals surface area (Å²) in [5, 5.41) is 5.50. The summed E-state index contributed by atoms with van der Waals surface area (Å²) in [6, 6.07) is -0.670.